The zero-order valence-corrected chi connectivity index (χ0v) is 13.3. The van der Waals surface area contributed by atoms with E-state index in [1.165, 1.54) is 41.9 Å². The minimum atomic E-state index is 0.523. The highest BCUT2D eigenvalue weighted by Crippen LogP contribution is 2.31. The highest BCUT2D eigenvalue weighted by molar-refractivity contribution is 7.99. The zero-order chi connectivity index (χ0) is 13.7. The minimum Gasteiger partial charge on any atom is -0.313 e. The number of benzene rings is 1. The first kappa shape index (κ1) is 14.9. The predicted molar refractivity (Wildman–Crippen MR) is 87.0 cm³/mol. The molecule has 106 valence electrons. The normalized spacial score (nSPS) is 18.7. The molecule has 1 unspecified atom stereocenters. The van der Waals surface area contributed by atoms with Crippen molar-refractivity contribution in [3.63, 3.8) is 0 Å². The van der Waals surface area contributed by atoms with Crippen LogP contribution < -0.4 is 5.32 Å². The fourth-order valence-electron chi connectivity index (χ4n) is 2.85. The number of thioether (sulfide) groups is 1. The predicted octanol–water partition coefficient (Wildman–Crippen LogP) is 4.60. The van der Waals surface area contributed by atoms with Crippen molar-refractivity contribution in [1.29, 1.82) is 0 Å². The van der Waals surface area contributed by atoms with Gasteiger partial charge in [-0.3, -0.25) is 0 Å². The zero-order valence-electron chi connectivity index (χ0n) is 12.5. The molecule has 2 rings (SSSR count). The second kappa shape index (κ2) is 7.35. The molecule has 1 atom stereocenters. The van der Waals surface area contributed by atoms with E-state index in [-0.39, 0.29) is 0 Å². The van der Waals surface area contributed by atoms with Crippen molar-refractivity contribution < 1.29 is 0 Å². The van der Waals surface area contributed by atoms with Crippen molar-refractivity contribution in [3.05, 3.63) is 35.4 Å². The van der Waals surface area contributed by atoms with Gasteiger partial charge >= 0.3 is 0 Å². The topological polar surface area (TPSA) is 12.0 Å². The van der Waals surface area contributed by atoms with Crippen LogP contribution >= 0.6 is 11.8 Å². The smallest absolute Gasteiger partial charge is 0.0320 e. The van der Waals surface area contributed by atoms with Crippen molar-refractivity contribution in [2.24, 2.45) is 5.92 Å². The SMILES string of the molecule is CNC(CC1CCSCC1)c1ccc(C(C)C)cc1. The van der Waals surface area contributed by atoms with E-state index in [9.17, 15) is 0 Å². The van der Waals surface area contributed by atoms with Gasteiger partial charge in [0.15, 0.2) is 0 Å². The molecule has 0 spiro atoms. The van der Waals surface area contributed by atoms with Crippen LogP contribution in [-0.4, -0.2) is 18.6 Å². The maximum atomic E-state index is 3.51. The molecule has 0 saturated carbocycles. The molecule has 0 aliphatic carbocycles. The summed E-state index contributed by atoms with van der Waals surface area (Å²) in [5, 5.41) is 3.51. The van der Waals surface area contributed by atoms with Crippen LogP contribution in [0, 0.1) is 5.92 Å². The summed E-state index contributed by atoms with van der Waals surface area (Å²) in [5.74, 6) is 4.24. The fourth-order valence-corrected chi connectivity index (χ4v) is 4.05. The van der Waals surface area contributed by atoms with Crippen LogP contribution in [0.2, 0.25) is 0 Å². The Labute approximate surface area is 122 Å². The Morgan fingerprint density at radius 2 is 1.68 bits per heavy atom. The monoisotopic (exact) mass is 277 g/mol. The van der Waals surface area contributed by atoms with Gasteiger partial charge in [0.1, 0.15) is 0 Å². The van der Waals surface area contributed by atoms with Gasteiger partial charge in [0, 0.05) is 6.04 Å². The van der Waals surface area contributed by atoms with Crippen LogP contribution in [-0.2, 0) is 0 Å². The van der Waals surface area contributed by atoms with E-state index in [1.807, 2.05) is 0 Å². The molecule has 1 aromatic carbocycles. The van der Waals surface area contributed by atoms with Crippen LogP contribution in [0.1, 0.15) is 56.2 Å². The van der Waals surface area contributed by atoms with Crippen molar-refractivity contribution in [1.82, 2.24) is 5.32 Å². The third-order valence-corrected chi connectivity index (χ3v) is 5.31. The standard InChI is InChI=1S/C17H27NS/c1-13(2)15-4-6-16(7-5-15)17(18-3)12-14-8-10-19-11-9-14/h4-7,13-14,17-18H,8-12H2,1-3H3. The van der Waals surface area contributed by atoms with E-state index in [0.717, 1.165) is 5.92 Å². The Hall–Kier alpha value is -0.470. The summed E-state index contributed by atoms with van der Waals surface area (Å²) >= 11 is 2.11. The molecule has 0 aromatic heterocycles. The molecule has 1 N–H and O–H groups in total. The van der Waals surface area contributed by atoms with Crippen molar-refractivity contribution in [2.75, 3.05) is 18.6 Å². The lowest BCUT2D eigenvalue weighted by Crippen LogP contribution is -2.22. The minimum absolute atomic E-state index is 0.523. The summed E-state index contributed by atoms with van der Waals surface area (Å²) in [5.41, 5.74) is 2.89. The molecule has 1 heterocycles. The second-order valence-corrected chi connectivity index (χ2v) is 7.18. The molecule has 1 fully saturated rings. The van der Waals surface area contributed by atoms with Crippen LogP contribution in [0.5, 0.6) is 0 Å². The van der Waals surface area contributed by atoms with Gasteiger partial charge in [0.2, 0.25) is 0 Å². The van der Waals surface area contributed by atoms with Gasteiger partial charge in [-0.2, -0.15) is 11.8 Å². The molecular formula is C17H27NS. The third kappa shape index (κ3) is 4.25. The van der Waals surface area contributed by atoms with Gasteiger partial charge in [-0.15, -0.1) is 0 Å². The van der Waals surface area contributed by atoms with Gasteiger partial charge in [-0.05, 0) is 60.8 Å². The number of hydrogen-bond acceptors (Lipinski definition) is 2. The molecule has 1 aliphatic rings. The second-order valence-electron chi connectivity index (χ2n) is 5.95. The summed E-state index contributed by atoms with van der Waals surface area (Å²) in [6.45, 7) is 4.51. The van der Waals surface area contributed by atoms with Crippen LogP contribution in [0.25, 0.3) is 0 Å². The molecule has 19 heavy (non-hydrogen) atoms. The average molecular weight is 277 g/mol. The molecular weight excluding hydrogens is 250 g/mol. The Bertz CT molecular complexity index is 365. The first-order valence-electron chi connectivity index (χ1n) is 7.55. The molecule has 0 bridgehead atoms. The molecule has 0 radical (unpaired) electrons. The first-order chi connectivity index (χ1) is 9.20. The van der Waals surface area contributed by atoms with Gasteiger partial charge < -0.3 is 5.32 Å². The Morgan fingerprint density at radius 3 is 2.21 bits per heavy atom. The van der Waals surface area contributed by atoms with Crippen molar-refractivity contribution in [2.45, 2.75) is 45.1 Å². The summed E-state index contributed by atoms with van der Waals surface area (Å²) in [6, 6.07) is 9.74. The highest BCUT2D eigenvalue weighted by Gasteiger charge is 2.19. The Balaban J connectivity index is 1.99. The van der Waals surface area contributed by atoms with Gasteiger partial charge in [0.25, 0.3) is 0 Å². The van der Waals surface area contributed by atoms with Crippen LogP contribution in [0.4, 0.5) is 0 Å². The fraction of sp³-hybridized carbons (Fsp3) is 0.647. The first-order valence-corrected chi connectivity index (χ1v) is 8.71. The lowest BCUT2D eigenvalue weighted by molar-refractivity contribution is 0.384. The maximum Gasteiger partial charge on any atom is 0.0320 e. The summed E-state index contributed by atoms with van der Waals surface area (Å²) in [4.78, 5) is 0. The van der Waals surface area contributed by atoms with Crippen LogP contribution in [0.3, 0.4) is 0 Å². The molecule has 1 nitrogen and oxygen atoms in total. The molecule has 0 amide bonds. The molecule has 1 aliphatic heterocycles. The van der Waals surface area contributed by atoms with E-state index < -0.39 is 0 Å². The lowest BCUT2D eigenvalue weighted by Gasteiger charge is -2.26. The molecule has 1 saturated heterocycles. The van der Waals surface area contributed by atoms with E-state index in [4.69, 9.17) is 0 Å². The van der Waals surface area contributed by atoms with E-state index in [0.29, 0.717) is 12.0 Å². The maximum absolute atomic E-state index is 3.51. The average Bonchev–Trinajstić information content (AvgIpc) is 2.46. The summed E-state index contributed by atoms with van der Waals surface area (Å²) in [7, 11) is 2.10. The van der Waals surface area contributed by atoms with Gasteiger partial charge in [0.05, 0.1) is 0 Å². The Kier molecular flexibility index (Phi) is 5.77. The van der Waals surface area contributed by atoms with Crippen molar-refractivity contribution >= 4 is 11.8 Å². The van der Waals surface area contributed by atoms with Gasteiger partial charge in [-0.25, -0.2) is 0 Å². The van der Waals surface area contributed by atoms with Crippen LogP contribution in [0.15, 0.2) is 24.3 Å². The third-order valence-electron chi connectivity index (χ3n) is 4.26. The number of nitrogens with one attached hydrogen (secondary N) is 1. The molecule has 1 aromatic rings. The number of rotatable bonds is 5. The largest absolute Gasteiger partial charge is 0.313 e. The van der Waals surface area contributed by atoms with E-state index in [2.05, 4.69) is 62.2 Å². The molecule has 2 heteroatoms. The lowest BCUT2D eigenvalue weighted by atomic mass is 9.90. The summed E-state index contributed by atoms with van der Waals surface area (Å²) < 4.78 is 0. The Morgan fingerprint density at radius 1 is 1.11 bits per heavy atom. The van der Waals surface area contributed by atoms with E-state index in [1.54, 1.807) is 0 Å². The number of hydrogen-bond donors (Lipinski definition) is 1. The van der Waals surface area contributed by atoms with Gasteiger partial charge in [-0.1, -0.05) is 38.1 Å². The summed E-state index contributed by atoms with van der Waals surface area (Å²) in [6.07, 6.45) is 4.08. The highest BCUT2D eigenvalue weighted by atomic mass is 32.2. The van der Waals surface area contributed by atoms with Crippen molar-refractivity contribution in [3.8, 4) is 0 Å². The van der Waals surface area contributed by atoms with E-state index >= 15 is 0 Å². The quantitative estimate of drug-likeness (QED) is 0.844.